The molecule has 1 aromatic carbocycles. The fourth-order valence-electron chi connectivity index (χ4n) is 2.93. The number of hydrogen-bond acceptors (Lipinski definition) is 4. The highest BCUT2D eigenvalue weighted by Gasteiger charge is 2.07. The molecule has 0 fully saturated rings. The lowest BCUT2D eigenvalue weighted by Crippen LogP contribution is -2.38. The predicted molar refractivity (Wildman–Crippen MR) is 115 cm³/mol. The third-order valence-electron chi connectivity index (χ3n) is 4.31. The Hall–Kier alpha value is -3.35. The second kappa shape index (κ2) is 10.3. The average molecular weight is 393 g/mol. The number of rotatable bonds is 8. The second-order valence-corrected chi connectivity index (χ2v) is 6.58. The maximum atomic E-state index is 5.51. The normalized spacial score (nSPS) is 11.3. The second-order valence-electron chi connectivity index (χ2n) is 6.58. The molecule has 3 aromatic rings. The molecule has 2 heterocycles. The number of nitrogens with zero attached hydrogens (tertiary/aromatic N) is 5. The molecule has 3 rings (SSSR count). The molecule has 0 amide bonds. The zero-order valence-electron chi connectivity index (χ0n) is 17.2. The fraction of sp³-hybridized carbons (Fsp3) is 0.318. The van der Waals surface area contributed by atoms with E-state index in [1.54, 1.807) is 17.1 Å². The fourth-order valence-corrected chi connectivity index (χ4v) is 2.93. The van der Waals surface area contributed by atoms with E-state index >= 15 is 0 Å². The molecular formula is C22H28N6O. The van der Waals surface area contributed by atoms with Crippen molar-refractivity contribution in [2.75, 3.05) is 20.2 Å². The van der Waals surface area contributed by atoms with Gasteiger partial charge in [0.2, 0.25) is 0 Å². The molecule has 1 N–H and O–H groups in total. The van der Waals surface area contributed by atoms with Gasteiger partial charge in [0, 0.05) is 38.7 Å². The van der Waals surface area contributed by atoms with Gasteiger partial charge in [-0.2, -0.15) is 5.10 Å². The van der Waals surface area contributed by atoms with E-state index in [-0.39, 0.29) is 0 Å². The largest absolute Gasteiger partial charge is 0.494 e. The first kappa shape index (κ1) is 20.4. The number of guanidine groups is 1. The van der Waals surface area contributed by atoms with Gasteiger partial charge < -0.3 is 15.0 Å². The van der Waals surface area contributed by atoms with Crippen LogP contribution in [0.2, 0.25) is 0 Å². The lowest BCUT2D eigenvalue weighted by molar-refractivity contribution is 0.340. The van der Waals surface area contributed by atoms with E-state index in [4.69, 9.17) is 9.73 Å². The average Bonchev–Trinajstić information content (AvgIpc) is 3.28. The van der Waals surface area contributed by atoms with Crippen LogP contribution in [-0.2, 0) is 13.1 Å². The van der Waals surface area contributed by atoms with E-state index in [1.165, 1.54) is 5.56 Å². The van der Waals surface area contributed by atoms with Gasteiger partial charge in [0.15, 0.2) is 11.8 Å². The molecule has 0 radical (unpaired) electrons. The van der Waals surface area contributed by atoms with Crippen LogP contribution in [0.4, 0.5) is 0 Å². The molecule has 7 heteroatoms. The van der Waals surface area contributed by atoms with Crippen molar-refractivity contribution >= 4 is 5.96 Å². The molecule has 0 saturated heterocycles. The molecule has 0 bridgehead atoms. The van der Waals surface area contributed by atoms with Crippen molar-refractivity contribution in [3.63, 3.8) is 0 Å². The van der Waals surface area contributed by atoms with Crippen LogP contribution < -0.4 is 10.1 Å². The van der Waals surface area contributed by atoms with Gasteiger partial charge in [0.1, 0.15) is 5.75 Å². The molecule has 2 aromatic heterocycles. The highest BCUT2D eigenvalue weighted by molar-refractivity contribution is 5.79. The van der Waals surface area contributed by atoms with Gasteiger partial charge in [-0.15, -0.1) is 0 Å². The van der Waals surface area contributed by atoms with E-state index in [1.807, 2.05) is 50.5 Å². The highest BCUT2D eigenvalue weighted by Crippen LogP contribution is 2.14. The number of aromatic nitrogens is 3. The minimum Gasteiger partial charge on any atom is -0.494 e. The first-order valence-electron chi connectivity index (χ1n) is 9.85. The molecule has 29 heavy (non-hydrogen) atoms. The van der Waals surface area contributed by atoms with E-state index in [2.05, 4.69) is 39.4 Å². The quantitative estimate of drug-likeness (QED) is 0.471. The first-order valence-corrected chi connectivity index (χ1v) is 9.85. The monoisotopic (exact) mass is 392 g/mol. The Kier molecular flexibility index (Phi) is 7.22. The summed E-state index contributed by atoms with van der Waals surface area (Å²) in [6.07, 6.45) is 5.41. The van der Waals surface area contributed by atoms with Crippen molar-refractivity contribution in [2.45, 2.75) is 26.9 Å². The molecule has 0 atom stereocenters. The molecule has 152 valence electrons. The van der Waals surface area contributed by atoms with Gasteiger partial charge in [-0.25, -0.2) is 14.7 Å². The molecular weight excluding hydrogens is 364 g/mol. The van der Waals surface area contributed by atoms with Crippen molar-refractivity contribution in [1.29, 1.82) is 0 Å². The smallest absolute Gasteiger partial charge is 0.194 e. The highest BCUT2D eigenvalue weighted by atomic mass is 16.5. The van der Waals surface area contributed by atoms with Crippen LogP contribution in [0.25, 0.3) is 5.82 Å². The van der Waals surface area contributed by atoms with Crippen molar-refractivity contribution in [3.8, 4) is 11.6 Å². The summed E-state index contributed by atoms with van der Waals surface area (Å²) in [5, 5.41) is 7.60. The summed E-state index contributed by atoms with van der Waals surface area (Å²) in [5.41, 5.74) is 2.28. The Bertz CT molecular complexity index is 905. The predicted octanol–water partition coefficient (Wildman–Crippen LogP) is 3.26. The van der Waals surface area contributed by atoms with Crippen molar-refractivity contribution in [2.24, 2.45) is 4.99 Å². The Morgan fingerprint density at radius 3 is 2.66 bits per heavy atom. The van der Waals surface area contributed by atoms with E-state index in [0.29, 0.717) is 13.2 Å². The summed E-state index contributed by atoms with van der Waals surface area (Å²) in [6.45, 7) is 6.86. The first-order chi connectivity index (χ1) is 14.2. The standard InChI is InChI=1S/C22H28N6O/c1-4-23-22(27(3)17-18-7-9-20(10-8-18)29-5-2)25-16-19-11-13-24-21(15-19)28-14-6-12-26-28/h6-15H,4-5,16-17H2,1-3H3,(H,23,25). The summed E-state index contributed by atoms with van der Waals surface area (Å²) < 4.78 is 7.26. The van der Waals surface area contributed by atoms with Gasteiger partial charge in [-0.05, 0) is 55.3 Å². The van der Waals surface area contributed by atoms with Crippen LogP contribution in [0.1, 0.15) is 25.0 Å². The minimum atomic E-state index is 0.562. The van der Waals surface area contributed by atoms with Gasteiger partial charge in [0.05, 0.1) is 13.2 Å². The summed E-state index contributed by atoms with van der Waals surface area (Å²) in [7, 11) is 2.04. The third-order valence-corrected chi connectivity index (χ3v) is 4.31. The van der Waals surface area contributed by atoms with Crippen molar-refractivity contribution in [3.05, 3.63) is 72.2 Å². The number of ether oxygens (including phenoxy) is 1. The zero-order chi connectivity index (χ0) is 20.5. The van der Waals surface area contributed by atoms with Crippen LogP contribution in [0.3, 0.4) is 0 Å². The molecule has 0 spiro atoms. The van der Waals surface area contributed by atoms with Gasteiger partial charge in [0.25, 0.3) is 0 Å². The number of benzene rings is 1. The lowest BCUT2D eigenvalue weighted by atomic mass is 10.2. The number of hydrogen-bond donors (Lipinski definition) is 1. The Morgan fingerprint density at radius 1 is 1.14 bits per heavy atom. The maximum Gasteiger partial charge on any atom is 0.194 e. The Morgan fingerprint density at radius 2 is 1.97 bits per heavy atom. The number of aliphatic imine (C=N–C) groups is 1. The van der Waals surface area contributed by atoms with Gasteiger partial charge in [-0.1, -0.05) is 12.1 Å². The maximum absolute atomic E-state index is 5.51. The van der Waals surface area contributed by atoms with Crippen LogP contribution in [0.5, 0.6) is 5.75 Å². The molecule has 0 unspecified atom stereocenters. The SMILES string of the molecule is CCNC(=NCc1ccnc(-n2cccn2)c1)N(C)Cc1ccc(OCC)cc1. The number of nitrogens with one attached hydrogen (secondary N) is 1. The number of pyridine rings is 1. The molecule has 0 aliphatic carbocycles. The summed E-state index contributed by atoms with van der Waals surface area (Å²) >= 11 is 0. The lowest BCUT2D eigenvalue weighted by Gasteiger charge is -2.22. The summed E-state index contributed by atoms with van der Waals surface area (Å²) in [5.74, 6) is 2.54. The third kappa shape index (κ3) is 5.81. The Balaban J connectivity index is 1.68. The van der Waals surface area contributed by atoms with Crippen molar-refractivity contribution < 1.29 is 4.74 Å². The zero-order valence-corrected chi connectivity index (χ0v) is 17.2. The van der Waals surface area contributed by atoms with E-state index in [0.717, 1.165) is 36.2 Å². The van der Waals surface area contributed by atoms with Crippen LogP contribution >= 0.6 is 0 Å². The summed E-state index contributed by atoms with van der Waals surface area (Å²) in [6, 6.07) is 14.0. The van der Waals surface area contributed by atoms with Crippen molar-refractivity contribution in [1.82, 2.24) is 25.0 Å². The van der Waals surface area contributed by atoms with Crippen LogP contribution in [0.15, 0.2) is 66.0 Å². The minimum absolute atomic E-state index is 0.562. The van der Waals surface area contributed by atoms with E-state index in [9.17, 15) is 0 Å². The molecule has 0 saturated carbocycles. The van der Waals surface area contributed by atoms with Gasteiger partial charge in [-0.3, -0.25) is 0 Å². The van der Waals surface area contributed by atoms with Gasteiger partial charge >= 0.3 is 0 Å². The van der Waals surface area contributed by atoms with E-state index < -0.39 is 0 Å². The van der Waals surface area contributed by atoms with Crippen LogP contribution in [0, 0.1) is 0 Å². The van der Waals surface area contributed by atoms with Crippen LogP contribution in [-0.4, -0.2) is 45.8 Å². The Labute approximate surface area is 172 Å². The summed E-state index contributed by atoms with van der Waals surface area (Å²) in [4.78, 5) is 11.3. The molecule has 0 aliphatic heterocycles. The molecule has 7 nitrogen and oxygen atoms in total. The topological polar surface area (TPSA) is 67.6 Å². The molecule has 0 aliphatic rings.